The summed E-state index contributed by atoms with van der Waals surface area (Å²) in [5.41, 5.74) is 1.03. The Kier molecular flexibility index (Phi) is 6.21. The Hall–Kier alpha value is -1.82. The summed E-state index contributed by atoms with van der Waals surface area (Å²) >= 11 is 0. The molecular formula is C17H20ClNO4. The zero-order chi connectivity index (χ0) is 15.4. The number of carbonyl (C=O) groups is 1. The number of ether oxygens (including phenoxy) is 1. The fourth-order valence-corrected chi connectivity index (χ4v) is 2.60. The van der Waals surface area contributed by atoms with Gasteiger partial charge in [0, 0.05) is 18.7 Å². The van der Waals surface area contributed by atoms with E-state index >= 15 is 0 Å². The molecule has 0 aliphatic carbocycles. The number of benzene rings is 1. The number of furan rings is 1. The number of nitrogens with one attached hydrogen (secondary N) is 1. The molecule has 2 heterocycles. The molecular weight excluding hydrogens is 318 g/mol. The Morgan fingerprint density at radius 1 is 1.30 bits per heavy atom. The van der Waals surface area contributed by atoms with Gasteiger partial charge in [0.25, 0.3) is 0 Å². The molecule has 124 valence electrons. The van der Waals surface area contributed by atoms with Gasteiger partial charge in [-0.3, -0.25) is 0 Å². The quantitative estimate of drug-likeness (QED) is 0.846. The predicted molar refractivity (Wildman–Crippen MR) is 89.0 cm³/mol. The minimum atomic E-state index is -0.938. The summed E-state index contributed by atoms with van der Waals surface area (Å²) in [6.45, 7) is 2.32. The molecule has 1 aliphatic rings. The van der Waals surface area contributed by atoms with Crippen molar-refractivity contribution in [1.82, 2.24) is 5.32 Å². The van der Waals surface area contributed by atoms with Crippen LogP contribution in [0.2, 0.25) is 0 Å². The topological polar surface area (TPSA) is 71.7 Å². The van der Waals surface area contributed by atoms with Gasteiger partial charge >= 0.3 is 5.97 Å². The Bertz CT molecular complexity index is 650. The molecule has 0 spiro atoms. The second kappa shape index (κ2) is 8.15. The zero-order valence-corrected chi connectivity index (χ0v) is 13.5. The van der Waals surface area contributed by atoms with Crippen molar-refractivity contribution in [2.75, 3.05) is 13.2 Å². The molecule has 0 amide bonds. The highest BCUT2D eigenvalue weighted by Gasteiger charge is 2.15. The molecule has 1 unspecified atom stereocenters. The van der Waals surface area contributed by atoms with E-state index in [1.165, 1.54) is 0 Å². The summed E-state index contributed by atoms with van der Waals surface area (Å²) in [6.07, 6.45) is 2.55. The van der Waals surface area contributed by atoms with Crippen molar-refractivity contribution < 1.29 is 19.1 Å². The smallest absolute Gasteiger partial charge is 0.335 e. The zero-order valence-electron chi connectivity index (χ0n) is 12.7. The number of aromatic carboxylic acids is 1. The fourth-order valence-electron chi connectivity index (χ4n) is 2.60. The molecule has 1 saturated heterocycles. The van der Waals surface area contributed by atoms with Gasteiger partial charge in [-0.15, -0.1) is 12.4 Å². The van der Waals surface area contributed by atoms with Gasteiger partial charge in [0.2, 0.25) is 0 Å². The van der Waals surface area contributed by atoms with Gasteiger partial charge in [0.05, 0.1) is 18.2 Å². The molecule has 1 aliphatic heterocycles. The first-order chi connectivity index (χ1) is 10.7. The standard InChI is InChI=1S/C17H19NO4.ClH/c19-17(20)13-4-1-3-12(9-13)16-7-6-15(22-16)11-18-10-14-5-2-8-21-14;/h1,3-4,6-7,9,14,18H,2,5,8,10-11H2,(H,19,20);1H. The Balaban J connectivity index is 0.00000192. The Morgan fingerprint density at radius 2 is 2.17 bits per heavy atom. The van der Waals surface area contributed by atoms with Crippen LogP contribution in [-0.2, 0) is 11.3 Å². The van der Waals surface area contributed by atoms with E-state index in [9.17, 15) is 4.79 Å². The molecule has 1 fully saturated rings. The van der Waals surface area contributed by atoms with Crippen LogP contribution in [0.5, 0.6) is 0 Å². The van der Waals surface area contributed by atoms with Crippen molar-refractivity contribution in [2.24, 2.45) is 0 Å². The van der Waals surface area contributed by atoms with E-state index < -0.39 is 5.97 Å². The summed E-state index contributed by atoms with van der Waals surface area (Å²) < 4.78 is 11.3. The Labute approximate surface area is 141 Å². The first-order valence-corrected chi connectivity index (χ1v) is 7.47. The monoisotopic (exact) mass is 337 g/mol. The molecule has 2 aromatic rings. The van der Waals surface area contributed by atoms with Crippen LogP contribution in [0.1, 0.15) is 29.0 Å². The molecule has 1 aromatic carbocycles. The maximum absolute atomic E-state index is 11.0. The van der Waals surface area contributed by atoms with Crippen LogP contribution in [0, 0.1) is 0 Å². The van der Waals surface area contributed by atoms with Crippen LogP contribution >= 0.6 is 12.4 Å². The molecule has 3 rings (SSSR count). The van der Waals surface area contributed by atoms with Gasteiger partial charge in [-0.05, 0) is 37.1 Å². The fraction of sp³-hybridized carbons (Fsp3) is 0.353. The van der Waals surface area contributed by atoms with Gasteiger partial charge < -0.3 is 19.6 Å². The van der Waals surface area contributed by atoms with Crippen LogP contribution in [0.15, 0.2) is 40.8 Å². The van der Waals surface area contributed by atoms with Crippen LogP contribution in [0.3, 0.4) is 0 Å². The van der Waals surface area contributed by atoms with E-state index in [2.05, 4.69) is 5.32 Å². The van der Waals surface area contributed by atoms with Crippen molar-refractivity contribution in [2.45, 2.75) is 25.5 Å². The number of hydrogen-bond donors (Lipinski definition) is 2. The molecule has 0 radical (unpaired) electrons. The molecule has 6 heteroatoms. The SMILES string of the molecule is Cl.O=C(O)c1cccc(-c2ccc(CNCC3CCCO3)o2)c1. The number of hydrogen-bond acceptors (Lipinski definition) is 4. The van der Waals surface area contributed by atoms with Crippen molar-refractivity contribution in [3.05, 3.63) is 47.7 Å². The lowest BCUT2D eigenvalue weighted by Gasteiger charge is -2.09. The van der Waals surface area contributed by atoms with E-state index in [-0.39, 0.29) is 18.0 Å². The minimum Gasteiger partial charge on any atom is -0.478 e. The molecule has 23 heavy (non-hydrogen) atoms. The van der Waals surface area contributed by atoms with Gasteiger partial charge in [0.1, 0.15) is 11.5 Å². The molecule has 1 aromatic heterocycles. The van der Waals surface area contributed by atoms with Crippen molar-refractivity contribution in [3.8, 4) is 11.3 Å². The summed E-state index contributed by atoms with van der Waals surface area (Å²) in [6, 6.07) is 10.5. The molecule has 0 bridgehead atoms. The highest BCUT2D eigenvalue weighted by Crippen LogP contribution is 2.23. The molecule has 2 N–H and O–H groups in total. The second-order valence-corrected chi connectivity index (χ2v) is 5.42. The van der Waals surface area contributed by atoms with Gasteiger partial charge in [-0.25, -0.2) is 4.79 Å². The first kappa shape index (κ1) is 17.5. The van der Waals surface area contributed by atoms with Crippen LogP contribution in [-0.4, -0.2) is 30.3 Å². The lowest BCUT2D eigenvalue weighted by atomic mass is 10.1. The maximum atomic E-state index is 11.0. The summed E-state index contributed by atoms with van der Waals surface area (Å²) in [5.74, 6) is 0.567. The molecule has 5 nitrogen and oxygen atoms in total. The third-order valence-electron chi connectivity index (χ3n) is 3.75. The van der Waals surface area contributed by atoms with Crippen molar-refractivity contribution in [3.63, 3.8) is 0 Å². The van der Waals surface area contributed by atoms with Crippen molar-refractivity contribution in [1.29, 1.82) is 0 Å². The van der Waals surface area contributed by atoms with E-state index in [0.29, 0.717) is 18.4 Å². The summed E-state index contributed by atoms with van der Waals surface area (Å²) in [5, 5.41) is 12.4. The highest BCUT2D eigenvalue weighted by atomic mass is 35.5. The average molecular weight is 338 g/mol. The largest absolute Gasteiger partial charge is 0.478 e. The van der Waals surface area contributed by atoms with Crippen LogP contribution in [0.25, 0.3) is 11.3 Å². The average Bonchev–Trinajstić information content (AvgIpc) is 3.19. The third-order valence-corrected chi connectivity index (χ3v) is 3.75. The normalized spacial score (nSPS) is 17.0. The van der Waals surface area contributed by atoms with Crippen molar-refractivity contribution >= 4 is 18.4 Å². The number of carboxylic acids is 1. The number of carboxylic acid groups (broad SMARTS) is 1. The van der Waals surface area contributed by atoms with Gasteiger partial charge in [-0.2, -0.15) is 0 Å². The maximum Gasteiger partial charge on any atom is 0.335 e. The first-order valence-electron chi connectivity index (χ1n) is 7.47. The lowest BCUT2D eigenvalue weighted by Crippen LogP contribution is -2.25. The van der Waals surface area contributed by atoms with E-state index in [1.54, 1.807) is 18.2 Å². The lowest BCUT2D eigenvalue weighted by molar-refractivity contribution is 0.0697. The number of halogens is 1. The molecule has 1 atom stereocenters. The Morgan fingerprint density at radius 3 is 2.91 bits per heavy atom. The number of rotatable bonds is 6. The second-order valence-electron chi connectivity index (χ2n) is 5.42. The van der Waals surface area contributed by atoms with Gasteiger partial charge in [-0.1, -0.05) is 12.1 Å². The van der Waals surface area contributed by atoms with Crippen LogP contribution in [0.4, 0.5) is 0 Å². The minimum absolute atomic E-state index is 0. The van der Waals surface area contributed by atoms with E-state index in [4.69, 9.17) is 14.3 Å². The summed E-state index contributed by atoms with van der Waals surface area (Å²) in [4.78, 5) is 11.0. The molecule has 0 saturated carbocycles. The summed E-state index contributed by atoms with van der Waals surface area (Å²) in [7, 11) is 0. The van der Waals surface area contributed by atoms with E-state index in [1.807, 2.05) is 18.2 Å². The van der Waals surface area contributed by atoms with E-state index in [0.717, 1.165) is 37.3 Å². The van der Waals surface area contributed by atoms with Gasteiger partial charge in [0.15, 0.2) is 0 Å². The highest BCUT2D eigenvalue weighted by molar-refractivity contribution is 5.89. The predicted octanol–water partition coefficient (Wildman–Crippen LogP) is 3.34. The third kappa shape index (κ3) is 4.58. The van der Waals surface area contributed by atoms with Crippen LogP contribution < -0.4 is 5.32 Å².